The lowest BCUT2D eigenvalue weighted by Gasteiger charge is -2.35. The molecule has 4 aromatic rings. The predicted molar refractivity (Wildman–Crippen MR) is 218 cm³/mol. The third kappa shape index (κ3) is 6.61. The van der Waals surface area contributed by atoms with Crippen LogP contribution in [-0.4, -0.2) is 68.9 Å². The number of halogens is 2. The second-order valence-corrected chi connectivity index (χ2v) is 17.0. The lowest BCUT2D eigenvalue weighted by atomic mass is 9.92. The molecule has 2 unspecified atom stereocenters. The highest BCUT2D eigenvalue weighted by atomic mass is 79.9. The number of carbonyl (C=O) groups excluding carboxylic acids is 3. The van der Waals surface area contributed by atoms with Gasteiger partial charge in [0.2, 0.25) is 0 Å². The summed E-state index contributed by atoms with van der Waals surface area (Å²) in [6.07, 6.45) is 2.06. The highest BCUT2D eigenvalue weighted by molar-refractivity contribution is 9.10. The van der Waals surface area contributed by atoms with E-state index in [0.29, 0.717) is 30.8 Å². The number of fused-ring (bicyclic) bond motifs is 2. The van der Waals surface area contributed by atoms with Gasteiger partial charge in [0.15, 0.2) is 0 Å². The van der Waals surface area contributed by atoms with Crippen LogP contribution in [0.25, 0.3) is 0 Å². The Morgan fingerprint density at radius 1 is 0.667 bits per heavy atom. The first-order chi connectivity index (χ1) is 25.7. The minimum Gasteiger partial charge on any atom is -0.497 e. The molecule has 0 bridgehead atoms. The van der Waals surface area contributed by atoms with Crippen molar-refractivity contribution < 1.29 is 28.6 Å². The minimum atomic E-state index is -0.996. The van der Waals surface area contributed by atoms with Crippen LogP contribution in [0.15, 0.2) is 93.9 Å². The van der Waals surface area contributed by atoms with Crippen LogP contribution in [0.5, 0.6) is 11.5 Å². The van der Waals surface area contributed by atoms with Crippen molar-refractivity contribution in [2.45, 2.75) is 63.1 Å². The molecular formula is C42H44Br2N4O6. The molecule has 0 aromatic heterocycles. The quantitative estimate of drug-likeness (QED) is 0.203. The molecule has 0 radical (unpaired) electrons. The topological polar surface area (TPSA) is 91.9 Å². The first-order valence-electron chi connectivity index (χ1n) is 18.0. The van der Waals surface area contributed by atoms with Crippen LogP contribution < -0.4 is 29.1 Å². The van der Waals surface area contributed by atoms with E-state index in [2.05, 4.69) is 42.8 Å². The summed E-state index contributed by atoms with van der Waals surface area (Å²) in [5.74, 6) is 1.55. The standard InChI is InChI=1S/C23H25BrN2O4.C19H19BrN2O2/c1-22(2,3)30-21(28)26-19-13-18(29-4)10-5-15(19)14-23(26)11-12-25(20(23)27)17-8-6-16(24)7-9-17;1-21-17-11-16(24-2)8-3-13(17)12-19(21)9-10-22(18(19)23)15-6-4-14(20)5-7-15/h5-10,13H,11-12,14H2,1-4H3;3-8,11H,9-10,12H2,1-2H3. The van der Waals surface area contributed by atoms with Crippen molar-refractivity contribution in [3.05, 3.63) is 105 Å². The summed E-state index contributed by atoms with van der Waals surface area (Å²) < 4.78 is 18.4. The average molecular weight is 861 g/mol. The molecule has 12 heteroatoms. The Bertz CT molecular complexity index is 2100. The van der Waals surface area contributed by atoms with E-state index in [1.165, 1.54) is 5.56 Å². The number of hydrogen-bond donors (Lipinski definition) is 0. The number of rotatable bonds is 4. The van der Waals surface area contributed by atoms with Gasteiger partial charge in [-0.1, -0.05) is 44.0 Å². The Balaban J connectivity index is 0.000000171. The molecule has 0 aliphatic carbocycles. The number of anilines is 4. The maximum absolute atomic E-state index is 13.8. The number of benzene rings is 4. The second kappa shape index (κ2) is 14.3. The molecule has 10 nitrogen and oxygen atoms in total. The predicted octanol–water partition coefficient (Wildman–Crippen LogP) is 8.56. The van der Waals surface area contributed by atoms with Crippen molar-refractivity contribution in [2.75, 3.05) is 54.0 Å². The number of likely N-dealkylation sites (N-methyl/N-ethyl adjacent to an activating group) is 1. The van der Waals surface area contributed by atoms with Gasteiger partial charge < -0.3 is 28.9 Å². The SMILES string of the molecule is COc1ccc2c(c1)N(C(=O)OC(C)(C)C)C1(CCN(c3ccc(Br)cc3)C1=O)C2.COc1ccc2c(c1)N(C)C1(CCN(c3ccc(Br)cc3)C1=O)C2. The number of carbonyl (C=O) groups is 3. The summed E-state index contributed by atoms with van der Waals surface area (Å²) in [4.78, 5) is 47.7. The van der Waals surface area contributed by atoms with Gasteiger partial charge in [0.05, 0.1) is 19.9 Å². The number of ether oxygens (including phenoxy) is 3. The van der Waals surface area contributed by atoms with Crippen molar-refractivity contribution >= 4 is 72.5 Å². The maximum Gasteiger partial charge on any atom is 0.415 e. The van der Waals surface area contributed by atoms with Gasteiger partial charge >= 0.3 is 6.09 Å². The van der Waals surface area contributed by atoms with Crippen molar-refractivity contribution in [3.8, 4) is 11.5 Å². The molecule has 0 saturated carbocycles. The first-order valence-corrected chi connectivity index (χ1v) is 19.5. The smallest absolute Gasteiger partial charge is 0.415 e. The van der Waals surface area contributed by atoms with Gasteiger partial charge in [-0.15, -0.1) is 0 Å². The molecule has 2 fully saturated rings. The van der Waals surface area contributed by atoms with Crippen LogP contribution >= 0.6 is 31.9 Å². The van der Waals surface area contributed by atoms with Gasteiger partial charge in [0, 0.05) is 71.1 Å². The van der Waals surface area contributed by atoms with Crippen LogP contribution in [0.4, 0.5) is 27.5 Å². The Kier molecular flexibility index (Phi) is 9.97. The fraction of sp³-hybridized carbons (Fsp3) is 0.357. The molecule has 2 saturated heterocycles. The Morgan fingerprint density at radius 2 is 1.11 bits per heavy atom. The molecule has 4 heterocycles. The number of nitrogens with zero attached hydrogens (tertiary/aromatic N) is 4. The van der Waals surface area contributed by atoms with Crippen LogP contribution in [0, 0.1) is 0 Å². The summed E-state index contributed by atoms with van der Waals surface area (Å²) in [6.45, 7) is 6.75. The molecule has 4 aliphatic rings. The van der Waals surface area contributed by atoms with Gasteiger partial charge in [0.1, 0.15) is 28.2 Å². The lowest BCUT2D eigenvalue weighted by molar-refractivity contribution is -0.122. The molecular weight excluding hydrogens is 816 g/mol. The van der Waals surface area contributed by atoms with E-state index in [0.717, 1.165) is 56.7 Å². The van der Waals surface area contributed by atoms with E-state index in [4.69, 9.17) is 14.2 Å². The summed E-state index contributed by atoms with van der Waals surface area (Å²) in [5, 5.41) is 0. The number of methoxy groups -OCH3 is 2. The molecule has 0 N–H and O–H groups in total. The summed E-state index contributed by atoms with van der Waals surface area (Å²) >= 11 is 6.88. The van der Waals surface area contributed by atoms with Gasteiger partial charge in [-0.2, -0.15) is 0 Å². The Hall–Kier alpha value is -4.55. The highest BCUT2D eigenvalue weighted by Gasteiger charge is 2.59. The zero-order valence-corrected chi connectivity index (χ0v) is 34.5. The van der Waals surface area contributed by atoms with Crippen LogP contribution in [0.2, 0.25) is 0 Å². The average Bonchev–Trinajstić information content (AvgIpc) is 3.85. The molecule has 8 rings (SSSR count). The highest BCUT2D eigenvalue weighted by Crippen LogP contribution is 2.48. The monoisotopic (exact) mass is 858 g/mol. The van der Waals surface area contributed by atoms with E-state index in [9.17, 15) is 14.4 Å². The van der Waals surface area contributed by atoms with Crippen molar-refractivity contribution in [1.82, 2.24) is 0 Å². The molecule has 2 spiro atoms. The van der Waals surface area contributed by atoms with Gasteiger partial charge in [-0.3, -0.25) is 14.5 Å². The van der Waals surface area contributed by atoms with E-state index in [1.54, 1.807) is 24.0 Å². The molecule has 2 atom stereocenters. The molecule has 3 amide bonds. The summed E-state index contributed by atoms with van der Waals surface area (Å²) in [5.41, 5.74) is 3.56. The lowest BCUT2D eigenvalue weighted by Crippen LogP contribution is -2.56. The first kappa shape index (κ1) is 37.8. The molecule has 4 aromatic carbocycles. The number of hydrogen-bond acceptors (Lipinski definition) is 7. The zero-order valence-electron chi connectivity index (χ0n) is 31.3. The normalized spacial score (nSPS) is 21.4. The Morgan fingerprint density at radius 3 is 1.61 bits per heavy atom. The minimum absolute atomic E-state index is 0.0918. The molecule has 4 aliphatic heterocycles. The summed E-state index contributed by atoms with van der Waals surface area (Å²) in [6, 6.07) is 27.2. The second-order valence-electron chi connectivity index (χ2n) is 15.1. The third-order valence-corrected chi connectivity index (χ3v) is 11.9. The van der Waals surface area contributed by atoms with Crippen molar-refractivity contribution in [1.29, 1.82) is 0 Å². The van der Waals surface area contributed by atoms with Crippen LogP contribution in [0.3, 0.4) is 0 Å². The van der Waals surface area contributed by atoms with Crippen LogP contribution in [-0.2, 0) is 27.2 Å². The van der Waals surface area contributed by atoms with Crippen LogP contribution in [0.1, 0.15) is 44.7 Å². The molecule has 54 heavy (non-hydrogen) atoms. The van der Waals surface area contributed by atoms with Gasteiger partial charge in [-0.25, -0.2) is 4.79 Å². The Labute approximate surface area is 333 Å². The van der Waals surface area contributed by atoms with E-state index in [1.807, 2.05) is 112 Å². The summed E-state index contributed by atoms with van der Waals surface area (Å²) in [7, 11) is 5.27. The van der Waals surface area contributed by atoms with E-state index >= 15 is 0 Å². The largest absolute Gasteiger partial charge is 0.497 e. The van der Waals surface area contributed by atoms with Crippen molar-refractivity contribution in [2.24, 2.45) is 0 Å². The number of amides is 3. The maximum atomic E-state index is 13.8. The fourth-order valence-electron chi connectivity index (χ4n) is 8.12. The molecule has 282 valence electrons. The van der Waals surface area contributed by atoms with Gasteiger partial charge in [-0.05, 0) is 105 Å². The third-order valence-electron chi connectivity index (χ3n) is 10.9. The van der Waals surface area contributed by atoms with Crippen molar-refractivity contribution in [3.63, 3.8) is 0 Å². The fourth-order valence-corrected chi connectivity index (χ4v) is 8.65. The zero-order chi connectivity index (χ0) is 38.6. The van der Waals surface area contributed by atoms with Gasteiger partial charge in [0.25, 0.3) is 11.8 Å². The van der Waals surface area contributed by atoms with E-state index < -0.39 is 22.8 Å². The van der Waals surface area contributed by atoms with E-state index in [-0.39, 0.29) is 11.8 Å².